The molecule has 0 fully saturated rings. The number of H-pyrrole nitrogens is 1. The third-order valence-electron chi connectivity index (χ3n) is 4.11. The zero-order valence-electron chi connectivity index (χ0n) is 12.8. The quantitative estimate of drug-likeness (QED) is 0.515. The number of fused-ring (bicyclic) bond motifs is 2. The summed E-state index contributed by atoms with van der Waals surface area (Å²) >= 11 is 0. The summed E-state index contributed by atoms with van der Waals surface area (Å²) in [4.78, 5) is 4.51. The maximum Gasteiger partial charge on any atom is 0.184 e. The zero-order valence-corrected chi connectivity index (χ0v) is 12.8. The number of benzene rings is 2. The van der Waals surface area contributed by atoms with Crippen molar-refractivity contribution in [3.63, 3.8) is 0 Å². The summed E-state index contributed by atoms with van der Waals surface area (Å²) in [7, 11) is 0. The highest BCUT2D eigenvalue weighted by Gasteiger charge is 2.13. The minimum absolute atomic E-state index is 0.211. The van der Waals surface area contributed by atoms with Crippen LogP contribution in [-0.4, -0.2) is 40.3 Å². The fourth-order valence-electron chi connectivity index (χ4n) is 2.99. The molecule has 0 spiro atoms. The molecule has 5 aromatic rings. The Morgan fingerprint density at radius 1 is 1.04 bits per heavy atom. The van der Waals surface area contributed by atoms with Gasteiger partial charge in [0.15, 0.2) is 11.5 Å². The predicted octanol–water partition coefficient (Wildman–Crippen LogP) is 2.44. The van der Waals surface area contributed by atoms with Crippen LogP contribution in [0, 0.1) is 0 Å². The van der Waals surface area contributed by atoms with Gasteiger partial charge in [-0.1, -0.05) is 24.3 Å². The van der Waals surface area contributed by atoms with Gasteiger partial charge in [0.25, 0.3) is 0 Å². The number of hydrogen-bond donors (Lipinski definition) is 2. The molecule has 120 valence electrons. The second-order valence-electron chi connectivity index (χ2n) is 5.63. The van der Waals surface area contributed by atoms with Gasteiger partial charge in [-0.15, -0.1) is 5.10 Å². The lowest BCUT2D eigenvalue weighted by atomic mass is 10.00. The van der Waals surface area contributed by atoms with Crippen molar-refractivity contribution in [2.75, 3.05) is 0 Å². The van der Waals surface area contributed by atoms with Gasteiger partial charge in [-0.3, -0.25) is 0 Å². The van der Waals surface area contributed by atoms with Crippen LogP contribution in [0.4, 0.5) is 0 Å². The first-order valence-corrected chi connectivity index (χ1v) is 7.59. The molecule has 8 heteroatoms. The summed E-state index contributed by atoms with van der Waals surface area (Å²) < 4.78 is 1.67. The zero-order chi connectivity index (χ0) is 16.8. The molecule has 2 N–H and O–H groups in total. The second-order valence-corrected chi connectivity index (χ2v) is 5.63. The molecule has 0 bridgehead atoms. The largest absolute Gasteiger partial charge is 0.508 e. The number of phenols is 1. The molecule has 5 rings (SSSR count). The van der Waals surface area contributed by atoms with Crippen molar-refractivity contribution in [2.24, 2.45) is 0 Å². The van der Waals surface area contributed by atoms with Gasteiger partial charge in [0.2, 0.25) is 0 Å². The van der Waals surface area contributed by atoms with E-state index >= 15 is 0 Å². The Hall–Kier alpha value is -3.81. The van der Waals surface area contributed by atoms with Crippen LogP contribution < -0.4 is 0 Å². The lowest BCUT2D eigenvalue weighted by Gasteiger charge is -2.08. The van der Waals surface area contributed by atoms with Crippen LogP contribution in [0.15, 0.2) is 55.0 Å². The molecule has 0 aliphatic heterocycles. The minimum Gasteiger partial charge on any atom is -0.508 e. The van der Waals surface area contributed by atoms with Crippen LogP contribution in [0.3, 0.4) is 0 Å². The minimum atomic E-state index is 0.211. The number of aromatic nitrogens is 7. The molecule has 3 aromatic heterocycles. The molecule has 0 saturated heterocycles. The number of hydrogen-bond acceptors (Lipinski definition) is 6. The molecule has 25 heavy (non-hydrogen) atoms. The number of phenolic OH excluding ortho intramolecular Hbond substituents is 1. The van der Waals surface area contributed by atoms with Crippen molar-refractivity contribution in [3.8, 4) is 28.3 Å². The normalized spacial score (nSPS) is 11.4. The summed E-state index contributed by atoms with van der Waals surface area (Å²) in [5.41, 5.74) is 3.11. The number of rotatable bonds is 2. The SMILES string of the molecule is Oc1cc(-c2cnc3c(-c4nnn[nH]4)cnn3c2)c2ccccc2c1. The highest BCUT2D eigenvalue weighted by atomic mass is 16.3. The number of nitrogens with one attached hydrogen (secondary N) is 1. The average Bonchev–Trinajstić information content (AvgIpc) is 3.29. The van der Waals surface area contributed by atoms with Crippen LogP contribution in [0.25, 0.3) is 38.9 Å². The molecular weight excluding hydrogens is 318 g/mol. The molecule has 0 aliphatic rings. The Labute approximate surface area is 140 Å². The Morgan fingerprint density at radius 2 is 1.96 bits per heavy atom. The summed E-state index contributed by atoms with van der Waals surface area (Å²) in [5, 5.41) is 30.2. The number of aromatic amines is 1. The highest BCUT2D eigenvalue weighted by Crippen LogP contribution is 2.32. The number of tetrazole rings is 1. The topological polar surface area (TPSA) is 105 Å². The molecule has 0 saturated carbocycles. The van der Waals surface area contributed by atoms with E-state index in [9.17, 15) is 5.11 Å². The molecular formula is C17H11N7O. The summed E-state index contributed by atoms with van der Waals surface area (Å²) in [6, 6.07) is 11.4. The van der Waals surface area contributed by atoms with Gasteiger partial charge in [0.1, 0.15) is 5.75 Å². The second kappa shape index (κ2) is 5.10. The summed E-state index contributed by atoms with van der Waals surface area (Å²) in [5.74, 6) is 0.723. The molecule has 0 radical (unpaired) electrons. The molecule has 0 aliphatic carbocycles. The number of aromatic hydroxyl groups is 1. The predicted molar refractivity (Wildman–Crippen MR) is 90.8 cm³/mol. The van der Waals surface area contributed by atoms with Crippen molar-refractivity contribution in [2.45, 2.75) is 0 Å². The maximum absolute atomic E-state index is 10.0. The van der Waals surface area contributed by atoms with E-state index in [1.807, 2.05) is 30.5 Å². The van der Waals surface area contributed by atoms with Crippen LogP contribution in [-0.2, 0) is 0 Å². The molecule has 0 amide bonds. The first-order valence-electron chi connectivity index (χ1n) is 7.59. The van der Waals surface area contributed by atoms with Gasteiger partial charge in [-0.25, -0.2) is 14.6 Å². The smallest absolute Gasteiger partial charge is 0.184 e. The van der Waals surface area contributed by atoms with Crippen LogP contribution >= 0.6 is 0 Å². The van der Waals surface area contributed by atoms with Crippen molar-refractivity contribution in [3.05, 3.63) is 55.0 Å². The highest BCUT2D eigenvalue weighted by molar-refractivity contribution is 5.97. The van der Waals surface area contributed by atoms with E-state index in [-0.39, 0.29) is 5.75 Å². The fraction of sp³-hybridized carbons (Fsp3) is 0. The van der Waals surface area contributed by atoms with Crippen LogP contribution in [0.1, 0.15) is 0 Å². The first kappa shape index (κ1) is 13.6. The van der Waals surface area contributed by atoms with E-state index in [4.69, 9.17) is 0 Å². The summed E-state index contributed by atoms with van der Waals surface area (Å²) in [6.07, 6.45) is 5.29. The van der Waals surface area contributed by atoms with Gasteiger partial charge >= 0.3 is 0 Å². The van der Waals surface area contributed by atoms with E-state index < -0.39 is 0 Å². The third kappa shape index (κ3) is 2.12. The molecule has 3 heterocycles. The van der Waals surface area contributed by atoms with Gasteiger partial charge in [0, 0.05) is 18.0 Å². The fourth-order valence-corrected chi connectivity index (χ4v) is 2.99. The van der Waals surface area contributed by atoms with E-state index in [1.54, 1.807) is 29.0 Å². The lowest BCUT2D eigenvalue weighted by Crippen LogP contribution is -1.93. The average molecular weight is 329 g/mol. The van der Waals surface area contributed by atoms with Crippen LogP contribution in [0.2, 0.25) is 0 Å². The lowest BCUT2D eigenvalue weighted by molar-refractivity contribution is 0.476. The molecule has 0 atom stereocenters. The van der Waals surface area contributed by atoms with Crippen molar-refractivity contribution in [1.82, 2.24) is 35.2 Å². The number of nitrogens with zero attached hydrogens (tertiary/aromatic N) is 6. The van der Waals surface area contributed by atoms with Gasteiger partial charge in [0.05, 0.1) is 11.8 Å². The van der Waals surface area contributed by atoms with E-state index in [2.05, 4.69) is 30.7 Å². The van der Waals surface area contributed by atoms with Gasteiger partial charge < -0.3 is 5.11 Å². The van der Waals surface area contributed by atoms with Crippen LogP contribution in [0.5, 0.6) is 5.75 Å². The maximum atomic E-state index is 10.0. The molecule has 8 nitrogen and oxygen atoms in total. The van der Waals surface area contributed by atoms with E-state index in [0.29, 0.717) is 11.5 Å². The van der Waals surface area contributed by atoms with Crippen molar-refractivity contribution < 1.29 is 5.11 Å². The van der Waals surface area contributed by atoms with Crippen molar-refractivity contribution >= 4 is 16.4 Å². The monoisotopic (exact) mass is 329 g/mol. The van der Waals surface area contributed by atoms with E-state index in [1.165, 1.54) is 0 Å². The third-order valence-corrected chi connectivity index (χ3v) is 4.11. The molecule has 0 unspecified atom stereocenters. The standard InChI is InChI=1S/C17H11N7O/c25-12-5-10-3-1-2-4-13(10)14(6-12)11-7-18-17-15(8-19-24(17)9-11)16-20-22-23-21-16/h1-9,25H,(H,20,21,22,23). The van der Waals surface area contributed by atoms with Gasteiger partial charge in [-0.05, 0) is 38.9 Å². The van der Waals surface area contributed by atoms with Gasteiger partial charge in [-0.2, -0.15) is 5.10 Å². The van der Waals surface area contributed by atoms with Crippen molar-refractivity contribution in [1.29, 1.82) is 0 Å². The Bertz CT molecular complexity index is 1210. The first-order chi connectivity index (χ1) is 12.3. The Kier molecular flexibility index (Phi) is 2.78. The Balaban J connectivity index is 1.72. The summed E-state index contributed by atoms with van der Waals surface area (Å²) in [6.45, 7) is 0. The van der Waals surface area contributed by atoms with E-state index in [0.717, 1.165) is 27.5 Å². The molecule has 2 aromatic carbocycles. The Morgan fingerprint density at radius 3 is 2.84 bits per heavy atom.